The van der Waals surface area contributed by atoms with Crippen molar-refractivity contribution in [3.05, 3.63) is 0 Å². The van der Waals surface area contributed by atoms with E-state index in [0.717, 1.165) is 6.42 Å². The van der Waals surface area contributed by atoms with Crippen LogP contribution in [0.4, 0.5) is 0 Å². The lowest BCUT2D eigenvalue weighted by atomic mass is 9.95. The number of ether oxygens (including phenoxy) is 1. The zero-order valence-electron chi connectivity index (χ0n) is 14.1. The van der Waals surface area contributed by atoms with E-state index in [4.69, 9.17) is 10.5 Å². The number of carbonyl (C=O) groups is 2. The standard InChI is InChI=1S/C15H30N4O3/c1-4-5-15(2,16)14(21)19-9-7-18(8-10-19)12-13(20)17-6-11-22-3/h4-12,16H2,1-3H3,(H,17,20). The largest absolute Gasteiger partial charge is 0.383 e. The molecule has 7 heteroatoms. The minimum Gasteiger partial charge on any atom is -0.383 e. The van der Waals surface area contributed by atoms with Gasteiger partial charge in [0.1, 0.15) is 0 Å². The highest BCUT2D eigenvalue weighted by atomic mass is 16.5. The number of nitrogens with one attached hydrogen (secondary N) is 1. The third kappa shape index (κ3) is 5.90. The number of hydrogen-bond donors (Lipinski definition) is 2. The van der Waals surface area contributed by atoms with Gasteiger partial charge < -0.3 is 20.7 Å². The van der Waals surface area contributed by atoms with Gasteiger partial charge in [-0.05, 0) is 13.3 Å². The van der Waals surface area contributed by atoms with Crippen molar-refractivity contribution < 1.29 is 14.3 Å². The first-order valence-electron chi connectivity index (χ1n) is 7.97. The third-order valence-corrected chi connectivity index (χ3v) is 3.91. The minimum absolute atomic E-state index is 0.00790. The molecule has 7 nitrogen and oxygen atoms in total. The number of amides is 2. The van der Waals surface area contributed by atoms with Gasteiger partial charge in [-0.1, -0.05) is 13.3 Å². The Bertz CT molecular complexity index is 366. The second-order valence-corrected chi connectivity index (χ2v) is 6.08. The minimum atomic E-state index is -0.783. The van der Waals surface area contributed by atoms with Crippen LogP contribution in [-0.4, -0.2) is 80.1 Å². The number of rotatable bonds is 8. The van der Waals surface area contributed by atoms with Gasteiger partial charge in [0.05, 0.1) is 18.7 Å². The highest BCUT2D eigenvalue weighted by Crippen LogP contribution is 2.14. The maximum atomic E-state index is 12.4. The molecule has 1 heterocycles. The lowest BCUT2D eigenvalue weighted by Gasteiger charge is -2.38. The van der Waals surface area contributed by atoms with Gasteiger partial charge in [0.25, 0.3) is 0 Å². The summed E-state index contributed by atoms with van der Waals surface area (Å²) in [4.78, 5) is 28.0. The van der Waals surface area contributed by atoms with E-state index >= 15 is 0 Å². The second-order valence-electron chi connectivity index (χ2n) is 6.08. The molecule has 128 valence electrons. The zero-order chi connectivity index (χ0) is 16.6. The summed E-state index contributed by atoms with van der Waals surface area (Å²) in [5.74, 6) is 0.00465. The average molecular weight is 314 g/mol. The summed E-state index contributed by atoms with van der Waals surface area (Å²) in [6.45, 7) is 7.88. The van der Waals surface area contributed by atoms with Gasteiger partial charge in [-0.2, -0.15) is 0 Å². The predicted molar refractivity (Wildman–Crippen MR) is 85.4 cm³/mol. The van der Waals surface area contributed by atoms with Crippen LogP contribution in [0.5, 0.6) is 0 Å². The van der Waals surface area contributed by atoms with Crippen LogP contribution in [0.25, 0.3) is 0 Å². The number of nitrogens with zero attached hydrogens (tertiary/aromatic N) is 2. The van der Waals surface area contributed by atoms with Crippen LogP contribution >= 0.6 is 0 Å². The van der Waals surface area contributed by atoms with Gasteiger partial charge in [0.2, 0.25) is 11.8 Å². The van der Waals surface area contributed by atoms with Crippen LogP contribution in [0.2, 0.25) is 0 Å². The fraction of sp³-hybridized carbons (Fsp3) is 0.867. The molecule has 22 heavy (non-hydrogen) atoms. The number of methoxy groups -OCH3 is 1. The van der Waals surface area contributed by atoms with E-state index in [0.29, 0.717) is 52.3 Å². The molecule has 1 atom stereocenters. The van der Waals surface area contributed by atoms with Gasteiger partial charge in [-0.3, -0.25) is 14.5 Å². The van der Waals surface area contributed by atoms with E-state index in [-0.39, 0.29) is 11.8 Å². The van der Waals surface area contributed by atoms with Crippen molar-refractivity contribution in [2.75, 3.05) is 53.0 Å². The Balaban J connectivity index is 2.34. The summed E-state index contributed by atoms with van der Waals surface area (Å²) in [6.07, 6.45) is 1.58. The van der Waals surface area contributed by atoms with E-state index in [9.17, 15) is 9.59 Å². The topological polar surface area (TPSA) is 87.9 Å². The van der Waals surface area contributed by atoms with Gasteiger partial charge in [-0.25, -0.2) is 0 Å². The Kier molecular flexibility index (Phi) is 7.78. The summed E-state index contributed by atoms with van der Waals surface area (Å²) in [5, 5.41) is 2.80. The molecule has 1 aliphatic heterocycles. The van der Waals surface area contributed by atoms with Crippen molar-refractivity contribution in [2.24, 2.45) is 5.73 Å². The molecule has 0 bridgehead atoms. The van der Waals surface area contributed by atoms with E-state index in [1.54, 1.807) is 14.0 Å². The Morgan fingerprint density at radius 1 is 1.27 bits per heavy atom. The zero-order valence-corrected chi connectivity index (χ0v) is 14.1. The Labute approximate surface area is 133 Å². The molecule has 0 aromatic heterocycles. The van der Waals surface area contributed by atoms with E-state index in [1.807, 2.05) is 11.8 Å². The fourth-order valence-corrected chi connectivity index (χ4v) is 2.65. The van der Waals surface area contributed by atoms with E-state index in [2.05, 4.69) is 10.2 Å². The SMILES string of the molecule is CCCC(C)(N)C(=O)N1CCN(CC(=O)NCCOC)CC1. The molecule has 0 aromatic carbocycles. The van der Waals surface area contributed by atoms with Gasteiger partial charge in [0.15, 0.2) is 0 Å². The van der Waals surface area contributed by atoms with Crippen molar-refractivity contribution >= 4 is 11.8 Å². The van der Waals surface area contributed by atoms with E-state index < -0.39 is 5.54 Å². The van der Waals surface area contributed by atoms with Crippen molar-refractivity contribution in [1.82, 2.24) is 15.1 Å². The van der Waals surface area contributed by atoms with Crippen LogP contribution in [0.1, 0.15) is 26.7 Å². The van der Waals surface area contributed by atoms with Crippen molar-refractivity contribution in [3.8, 4) is 0 Å². The first kappa shape index (κ1) is 18.9. The molecule has 1 fully saturated rings. The highest BCUT2D eigenvalue weighted by Gasteiger charge is 2.33. The summed E-state index contributed by atoms with van der Waals surface area (Å²) in [5.41, 5.74) is 5.32. The van der Waals surface area contributed by atoms with Crippen LogP contribution in [0.15, 0.2) is 0 Å². The second kappa shape index (κ2) is 9.07. The summed E-state index contributed by atoms with van der Waals surface area (Å²) < 4.78 is 4.89. The average Bonchev–Trinajstić information content (AvgIpc) is 2.47. The maximum absolute atomic E-state index is 12.4. The fourth-order valence-electron chi connectivity index (χ4n) is 2.65. The number of carbonyl (C=O) groups excluding carboxylic acids is 2. The molecule has 1 unspecified atom stereocenters. The van der Waals surface area contributed by atoms with Gasteiger partial charge >= 0.3 is 0 Å². The molecule has 3 N–H and O–H groups in total. The molecular formula is C15H30N4O3. The van der Waals surface area contributed by atoms with Crippen molar-refractivity contribution in [2.45, 2.75) is 32.2 Å². The molecule has 1 aliphatic rings. The van der Waals surface area contributed by atoms with Gasteiger partial charge in [0, 0.05) is 39.8 Å². The number of hydrogen-bond acceptors (Lipinski definition) is 5. The summed E-state index contributed by atoms with van der Waals surface area (Å²) >= 11 is 0. The Morgan fingerprint density at radius 2 is 1.91 bits per heavy atom. The summed E-state index contributed by atoms with van der Waals surface area (Å²) in [6, 6.07) is 0. The van der Waals surface area contributed by atoms with Crippen molar-refractivity contribution in [1.29, 1.82) is 0 Å². The maximum Gasteiger partial charge on any atom is 0.242 e. The van der Waals surface area contributed by atoms with Crippen LogP contribution in [0, 0.1) is 0 Å². The predicted octanol–water partition coefficient (Wildman–Crippen LogP) is -0.589. The third-order valence-electron chi connectivity index (χ3n) is 3.91. The Hall–Kier alpha value is -1.18. The number of nitrogens with two attached hydrogens (primary N) is 1. The highest BCUT2D eigenvalue weighted by molar-refractivity contribution is 5.85. The monoisotopic (exact) mass is 314 g/mol. The summed E-state index contributed by atoms with van der Waals surface area (Å²) in [7, 11) is 1.60. The molecule has 1 rings (SSSR count). The molecule has 0 saturated carbocycles. The molecule has 2 amide bonds. The molecule has 1 saturated heterocycles. The normalized spacial score (nSPS) is 18.8. The van der Waals surface area contributed by atoms with Crippen LogP contribution in [0.3, 0.4) is 0 Å². The molecule has 0 aliphatic carbocycles. The molecule has 0 radical (unpaired) electrons. The molecule has 0 aromatic rings. The quantitative estimate of drug-likeness (QED) is 0.585. The van der Waals surface area contributed by atoms with Crippen LogP contribution < -0.4 is 11.1 Å². The smallest absolute Gasteiger partial charge is 0.242 e. The van der Waals surface area contributed by atoms with Crippen LogP contribution in [-0.2, 0) is 14.3 Å². The lowest BCUT2D eigenvalue weighted by Crippen LogP contribution is -2.58. The first-order chi connectivity index (χ1) is 10.4. The van der Waals surface area contributed by atoms with E-state index in [1.165, 1.54) is 0 Å². The molecular weight excluding hydrogens is 284 g/mol. The Morgan fingerprint density at radius 3 is 2.45 bits per heavy atom. The first-order valence-corrected chi connectivity index (χ1v) is 7.97. The van der Waals surface area contributed by atoms with Gasteiger partial charge in [-0.15, -0.1) is 0 Å². The van der Waals surface area contributed by atoms with Crippen molar-refractivity contribution in [3.63, 3.8) is 0 Å². The lowest BCUT2D eigenvalue weighted by molar-refractivity contribution is -0.138. The number of piperazine rings is 1. The molecule has 0 spiro atoms.